The van der Waals surface area contributed by atoms with E-state index in [1.165, 1.54) is 16.5 Å². The van der Waals surface area contributed by atoms with E-state index in [1.54, 1.807) is 0 Å². The van der Waals surface area contributed by atoms with Crippen molar-refractivity contribution in [2.75, 3.05) is 5.32 Å². The highest BCUT2D eigenvalue weighted by Crippen LogP contribution is 2.31. The molecule has 0 aliphatic heterocycles. The molecule has 5 heteroatoms. The van der Waals surface area contributed by atoms with Gasteiger partial charge in [-0.05, 0) is 96.5 Å². The monoisotopic (exact) mass is 495 g/mol. The lowest BCUT2D eigenvalue weighted by Gasteiger charge is -2.07. The van der Waals surface area contributed by atoms with Crippen LogP contribution in [0.25, 0.3) is 22.3 Å². The number of benzene rings is 2. The average Bonchev–Trinajstić information content (AvgIpc) is 3.08. The first-order valence-electron chi connectivity index (χ1n) is 9.68. The molecule has 0 spiro atoms. The summed E-state index contributed by atoms with van der Waals surface area (Å²) in [5.41, 5.74) is 6.37. The van der Waals surface area contributed by atoms with Gasteiger partial charge < -0.3 is 10.3 Å². The zero-order valence-corrected chi connectivity index (χ0v) is 18.4. The summed E-state index contributed by atoms with van der Waals surface area (Å²) in [4.78, 5) is 20.4. The van der Waals surface area contributed by atoms with E-state index in [0.717, 1.165) is 39.0 Å². The molecule has 2 heterocycles. The number of aryl methyl sites for hydroxylation is 2. The third kappa shape index (κ3) is 4.67. The van der Waals surface area contributed by atoms with Gasteiger partial charge in [0.2, 0.25) is 5.91 Å². The number of aromatic nitrogens is 2. The van der Waals surface area contributed by atoms with Gasteiger partial charge in [-0.15, -0.1) is 0 Å². The molecule has 146 valence electrons. The van der Waals surface area contributed by atoms with Crippen molar-refractivity contribution in [3.8, 4) is 11.4 Å². The van der Waals surface area contributed by atoms with Gasteiger partial charge in [0.05, 0.1) is 11.4 Å². The highest BCUT2D eigenvalue weighted by Gasteiger charge is 2.14. The zero-order valence-electron chi connectivity index (χ0n) is 16.2. The van der Waals surface area contributed by atoms with E-state index in [4.69, 9.17) is 0 Å². The Morgan fingerprint density at radius 3 is 2.69 bits per heavy atom. The third-order valence-corrected chi connectivity index (χ3v) is 5.66. The Balaban J connectivity index is 1.51. The lowest BCUT2D eigenvalue weighted by atomic mass is 10.0. The highest BCUT2D eigenvalue weighted by molar-refractivity contribution is 14.1. The fourth-order valence-electron chi connectivity index (χ4n) is 3.53. The summed E-state index contributed by atoms with van der Waals surface area (Å²) < 4.78 is 1.15. The second-order valence-corrected chi connectivity index (χ2v) is 8.40. The topological polar surface area (TPSA) is 57.8 Å². The number of aromatic amines is 1. The molecule has 0 radical (unpaired) electrons. The molecule has 2 N–H and O–H groups in total. The smallest absolute Gasteiger partial charge is 0.224 e. The number of amides is 1. The molecule has 4 aromatic rings. The lowest BCUT2D eigenvalue weighted by molar-refractivity contribution is -0.116. The average molecular weight is 495 g/mol. The summed E-state index contributed by atoms with van der Waals surface area (Å²) in [6, 6.07) is 20.2. The number of hydrogen-bond donors (Lipinski definition) is 2. The highest BCUT2D eigenvalue weighted by atomic mass is 127. The predicted molar refractivity (Wildman–Crippen MR) is 127 cm³/mol. The van der Waals surface area contributed by atoms with Crippen LogP contribution in [0.3, 0.4) is 0 Å². The number of anilines is 1. The minimum atomic E-state index is 0.0432. The zero-order chi connectivity index (χ0) is 20.2. The van der Waals surface area contributed by atoms with Crippen molar-refractivity contribution < 1.29 is 4.79 Å². The van der Waals surface area contributed by atoms with E-state index >= 15 is 0 Å². The van der Waals surface area contributed by atoms with Gasteiger partial charge >= 0.3 is 0 Å². The van der Waals surface area contributed by atoms with Crippen LogP contribution in [0, 0.1) is 10.5 Å². The van der Waals surface area contributed by atoms with Crippen molar-refractivity contribution in [2.24, 2.45) is 0 Å². The SMILES string of the molecule is Cc1ccc2[nH]c(-c3ccccn3)c(CCCC(=O)Nc3ccc(I)cc3)c2c1. The number of rotatable bonds is 6. The summed E-state index contributed by atoms with van der Waals surface area (Å²) in [5, 5.41) is 4.19. The summed E-state index contributed by atoms with van der Waals surface area (Å²) >= 11 is 2.25. The second-order valence-electron chi connectivity index (χ2n) is 7.15. The van der Waals surface area contributed by atoms with Crippen LogP contribution in [0.5, 0.6) is 0 Å². The number of H-pyrrole nitrogens is 1. The van der Waals surface area contributed by atoms with Crippen molar-refractivity contribution in [1.82, 2.24) is 9.97 Å². The number of nitrogens with zero attached hydrogens (tertiary/aromatic N) is 1. The van der Waals surface area contributed by atoms with E-state index in [0.29, 0.717) is 6.42 Å². The normalized spacial score (nSPS) is 11.0. The van der Waals surface area contributed by atoms with Gasteiger partial charge in [0, 0.05) is 32.8 Å². The largest absolute Gasteiger partial charge is 0.353 e. The molecule has 2 aromatic heterocycles. The van der Waals surface area contributed by atoms with Gasteiger partial charge in [0.15, 0.2) is 0 Å². The van der Waals surface area contributed by atoms with Crippen LogP contribution in [0.2, 0.25) is 0 Å². The molecule has 4 nitrogen and oxygen atoms in total. The summed E-state index contributed by atoms with van der Waals surface area (Å²) in [6.45, 7) is 2.10. The quantitative estimate of drug-likeness (QED) is 0.318. The molecule has 0 aliphatic rings. The predicted octanol–water partition coefficient (Wildman–Crippen LogP) is 6.10. The van der Waals surface area contributed by atoms with E-state index < -0.39 is 0 Å². The number of halogens is 1. The van der Waals surface area contributed by atoms with E-state index in [-0.39, 0.29) is 5.91 Å². The maximum absolute atomic E-state index is 12.4. The fourth-order valence-corrected chi connectivity index (χ4v) is 3.89. The first-order chi connectivity index (χ1) is 14.1. The molecule has 4 rings (SSSR count). The van der Waals surface area contributed by atoms with Crippen LogP contribution >= 0.6 is 22.6 Å². The Labute approximate surface area is 183 Å². The maximum Gasteiger partial charge on any atom is 0.224 e. The molecule has 29 heavy (non-hydrogen) atoms. The van der Waals surface area contributed by atoms with Gasteiger partial charge in [-0.1, -0.05) is 17.7 Å². The Kier molecular flexibility index (Phi) is 5.94. The van der Waals surface area contributed by atoms with Crippen molar-refractivity contribution >= 4 is 45.1 Å². The van der Waals surface area contributed by atoms with Crippen LogP contribution in [-0.4, -0.2) is 15.9 Å². The van der Waals surface area contributed by atoms with Crippen LogP contribution in [0.1, 0.15) is 24.0 Å². The number of hydrogen-bond acceptors (Lipinski definition) is 2. The Morgan fingerprint density at radius 2 is 1.93 bits per heavy atom. The second kappa shape index (κ2) is 8.78. The molecular weight excluding hydrogens is 473 g/mol. The number of fused-ring (bicyclic) bond motifs is 1. The van der Waals surface area contributed by atoms with Crippen LogP contribution in [0.4, 0.5) is 5.69 Å². The summed E-state index contributed by atoms with van der Waals surface area (Å²) in [6.07, 6.45) is 3.88. The lowest BCUT2D eigenvalue weighted by Crippen LogP contribution is -2.11. The summed E-state index contributed by atoms with van der Waals surface area (Å²) in [5.74, 6) is 0.0432. The minimum Gasteiger partial charge on any atom is -0.353 e. The fraction of sp³-hybridized carbons (Fsp3) is 0.167. The molecule has 0 saturated heterocycles. The third-order valence-electron chi connectivity index (χ3n) is 4.94. The maximum atomic E-state index is 12.4. The molecule has 2 aromatic carbocycles. The Hall–Kier alpha value is -2.67. The molecular formula is C24H22IN3O. The standard InChI is InChI=1S/C24H22IN3O/c1-16-8-13-21-20(15-16)19(24(28-21)22-6-2-3-14-26-22)5-4-7-23(29)27-18-11-9-17(25)10-12-18/h2-3,6,8-15,28H,4-5,7H2,1H3,(H,27,29). The van der Waals surface area contributed by atoms with Crippen LogP contribution in [0.15, 0.2) is 66.9 Å². The van der Waals surface area contributed by atoms with Crippen molar-refractivity contribution in [2.45, 2.75) is 26.2 Å². The van der Waals surface area contributed by atoms with Crippen LogP contribution < -0.4 is 5.32 Å². The van der Waals surface area contributed by atoms with Gasteiger partial charge in [-0.2, -0.15) is 0 Å². The van der Waals surface area contributed by atoms with Crippen molar-refractivity contribution in [1.29, 1.82) is 0 Å². The summed E-state index contributed by atoms with van der Waals surface area (Å²) in [7, 11) is 0. The molecule has 1 amide bonds. The molecule has 0 unspecified atom stereocenters. The Bertz CT molecular complexity index is 1130. The molecule has 0 saturated carbocycles. The van der Waals surface area contributed by atoms with Gasteiger partial charge in [0.1, 0.15) is 0 Å². The number of carbonyl (C=O) groups is 1. The number of nitrogens with one attached hydrogen (secondary N) is 2. The van der Waals surface area contributed by atoms with Crippen LogP contribution in [-0.2, 0) is 11.2 Å². The van der Waals surface area contributed by atoms with Gasteiger partial charge in [0.25, 0.3) is 0 Å². The molecule has 0 aliphatic carbocycles. The minimum absolute atomic E-state index is 0.0432. The first kappa shape index (κ1) is 19.6. The Morgan fingerprint density at radius 1 is 1.10 bits per heavy atom. The molecule has 0 fully saturated rings. The number of carbonyl (C=O) groups excluding carboxylic acids is 1. The van der Waals surface area contributed by atoms with Crippen molar-refractivity contribution in [3.05, 3.63) is 81.6 Å². The van der Waals surface area contributed by atoms with E-state index in [1.807, 2.05) is 48.7 Å². The first-order valence-corrected chi connectivity index (χ1v) is 10.8. The van der Waals surface area contributed by atoms with Gasteiger partial charge in [-0.3, -0.25) is 9.78 Å². The molecule has 0 bridgehead atoms. The van der Waals surface area contributed by atoms with Gasteiger partial charge in [-0.25, -0.2) is 0 Å². The molecule has 0 atom stereocenters. The van der Waals surface area contributed by atoms with Crippen molar-refractivity contribution in [3.63, 3.8) is 0 Å². The number of pyridine rings is 1. The van der Waals surface area contributed by atoms with E-state index in [2.05, 4.69) is 63.0 Å². The van der Waals surface area contributed by atoms with E-state index in [9.17, 15) is 4.79 Å².